The maximum absolute atomic E-state index is 12.7. The SMILES string of the molecule is CCOC(=O)COc1cc(F)c(F)c(F)c1. The Morgan fingerprint density at radius 2 is 1.81 bits per heavy atom. The van der Waals surface area contributed by atoms with Gasteiger partial charge in [0.15, 0.2) is 24.1 Å². The van der Waals surface area contributed by atoms with Gasteiger partial charge < -0.3 is 9.47 Å². The molecule has 0 aromatic heterocycles. The fourth-order valence-electron chi connectivity index (χ4n) is 0.961. The van der Waals surface area contributed by atoms with Gasteiger partial charge in [-0.3, -0.25) is 0 Å². The van der Waals surface area contributed by atoms with Crippen molar-refractivity contribution in [1.82, 2.24) is 0 Å². The minimum Gasteiger partial charge on any atom is -0.482 e. The van der Waals surface area contributed by atoms with Crippen molar-refractivity contribution in [2.75, 3.05) is 13.2 Å². The molecule has 0 aliphatic carbocycles. The number of hydrogen-bond acceptors (Lipinski definition) is 3. The zero-order valence-corrected chi connectivity index (χ0v) is 8.43. The monoisotopic (exact) mass is 234 g/mol. The van der Waals surface area contributed by atoms with Crippen LogP contribution in [-0.2, 0) is 9.53 Å². The van der Waals surface area contributed by atoms with Gasteiger partial charge in [0.05, 0.1) is 6.61 Å². The van der Waals surface area contributed by atoms with E-state index in [4.69, 9.17) is 4.74 Å². The van der Waals surface area contributed by atoms with Crippen molar-refractivity contribution in [2.24, 2.45) is 0 Å². The Hall–Kier alpha value is -1.72. The second-order valence-electron chi connectivity index (χ2n) is 2.79. The van der Waals surface area contributed by atoms with Crippen molar-refractivity contribution < 1.29 is 27.4 Å². The van der Waals surface area contributed by atoms with Gasteiger partial charge in [-0.1, -0.05) is 0 Å². The van der Waals surface area contributed by atoms with Crippen molar-refractivity contribution >= 4 is 5.97 Å². The maximum atomic E-state index is 12.7. The summed E-state index contributed by atoms with van der Waals surface area (Å²) in [4.78, 5) is 10.8. The zero-order valence-electron chi connectivity index (χ0n) is 8.43. The molecule has 0 saturated heterocycles. The van der Waals surface area contributed by atoms with Crippen molar-refractivity contribution in [2.45, 2.75) is 6.92 Å². The van der Waals surface area contributed by atoms with Gasteiger partial charge in [-0.05, 0) is 6.92 Å². The minimum absolute atomic E-state index is 0.175. The smallest absolute Gasteiger partial charge is 0.344 e. The highest BCUT2D eigenvalue weighted by molar-refractivity contribution is 5.71. The van der Waals surface area contributed by atoms with Gasteiger partial charge in [-0.15, -0.1) is 0 Å². The van der Waals surface area contributed by atoms with Crippen LogP contribution >= 0.6 is 0 Å². The summed E-state index contributed by atoms with van der Waals surface area (Å²) in [6.45, 7) is 1.29. The van der Waals surface area contributed by atoms with E-state index in [2.05, 4.69) is 4.74 Å². The predicted octanol–water partition coefficient (Wildman–Crippen LogP) is 2.05. The predicted molar refractivity (Wildman–Crippen MR) is 48.4 cm³/mol. The van der Waals surface area contributed by atoms with Gasteiger partial charge in [-0.2, -0.15) is 0 Å². The molecule has 1 rings (SSSR count). The Labute approximate surface area is 89.8 Å². The molecule has 0 bridgehead atoms. The summed E-state index contributed by atoms with van der Waals surface area (Å²) in [5, 5.41) is 0. The molecule has 0 aliphatic heterocycles. The lowest BCUT2D eigenvalue weighted by Gasteiger charge is -2.06. The first-order valence-corrected chi connectivity index (χ1v) is 4.47. The average molecular weight is 234 g/mol. The van der Waals surface area contributed by atoms with Crippen LogP contribution in [0, 0.1) is 17.5 Å². The minimum atomic E-state index is -1.58. The molecule has 0 atom stereocenters. The largest absolute Gasteiger partial charge is 0.482 e. The van der Waals surface area contributed by atoms with Gasteiger partial charge in [0.25, 0.3) is 0 Å². The van der Waals surface area contributed by atoms with E-state index in [1.165, 1.54) is 0 Å². The van der Waals surface area contributed by atoms with Crippen molar-refractivity contribution in [3.05, 3.63) is 29.6 Å². The molecule has 1 aromatic rings. The molecular weight excluding hydrogens is 225 g/mol. The summed E-state index contributed by atoms with van der Waals surface area (Å²) in [5.74, 6) is -5.28. The summed E-state index contributed by atoms with van der Waals surface area (Å²) in [6, 6.07) is 1.30. The van der Waals surface area contributed by atoms with Crippen LogP contribution in [0.25, 0.3) is 0 Å². The Kier molecular flexibility index (Phi) is 4.16. The van der Waals surface area contributed by atoms with Gasteiger partial charge in [0, 0.05) is 12.1 Å². The Bertz CT molecular complexity index is 370. The summed E-state index contributed by atoms with van der Waals surface area (Å²) >= 11 is 0. The first-order valence-electron chi connectivity index (χ1n) is 4.47. The second kappa shape index (κ2) is 5.39. The summed E-state index contributed by atoms with van der Waals surface area (Å²) in [5.41, 5.74) is 0. The van der Waals surface area contributed by atoms with Crippen LogP contribution in [0.1, 0.15) is 6.92 Å². The van der Waals surface area contributed by atoms with Crippen LogP contribution in [0.3, 0.4) is 0 Å². The molecule has 0 unspecified atom stereocenters. The summed E-state index contributed by atoms with van der Waals surface area (Å²) < 4.78 is 47.2. The standard InChI is InChI=1S/C10H9F3O3/c1-2-15-9(14)5-16-6-3-7(11)10(13)8(12)4-6/h3-4H,2,5H2,1H3. The van der Waals surface area contributed by atoms with Crippen LogP contribution in [-0.4, -0.2) is 19.2 Å². The third-order valence-electron chi connectivity index (χ3n) is 1.62. The molecular formula is C10H9F3O3. The highest BCUT2D eigenvalue weighted by Crippen LogP contribution is 2.19. The fraction of sp³-hybridized carbons (Fsp3) is 0.300. The summed E-state index contributed by atoms with van der Waals surface area (Å²) in [7, 11) is 0. The van der Waals surface area contributed by atoms with E-state index in [1.54, 1.807) is 6.92 Å². The Morgan fingerprint density at radius 1 is 1.25 bits per heavy atom. The van der Waals surface area contributed by atoms with Gasteiger partial charge in [-0.25, -0.2) is 18.0 Å². The van der Waals surface area contributed by atoms with Crippen molar-refractivity contribution in [3.63, 3.8) is 0 Å². The lowest BCUT2D eigenvalue weighted by atomic mass is 10.3. The van der Waals surface area contributed by atoms with E-state index in [-0.39, 0.29) is 12.4 Å². The van der Waals surface area contributed by atoms with Crippen LogP contribution in [0.5, 0.6) is 5.75 Å². The van der Waals surface area contributed by atoms with E-state index in [9.17, 15) is 18.0 Å². The molecule has 0 aliphatic rings. The topological polar surface area (TPSA) is 35.5 Å². The van der Waals surface area contributed by atoms with Crippen LogP contribution in [0.2, 0.25) is 0 Å². The van der Waals surface area contributed by atoms with Gasteiger partial charge >= 0.3 is 5.97 Å². The van der Waals surface area contributed by atoms with E-state index in [0.29, 0.717) is 12.1 Å². The van der Waals surface area contributed by atoms with E-state index in [1.807, 2.05) is 0 Å². The quantitative estimate of drug-likeness (QED) is 0.590. The molecule has 0 amide bonds. The lowest BCUT2D eigenvalue weighted by molar-refractivity contribution is -0.145. The van der Waals surface area contributed by atoms with E-state index < -0.39 is 30.0 Å². The van der Waals surface area contributed by atoms with Crippen molar-refractivity contribution in [3.8, 4) is 5.75 Å². The van der Waals surface area contributed by atoms with E-state index >= 15 is 0 Å². The maximum Gasteiger partial charge on any atom is 0.344 e. The summed E-state index contributed by atoms with van der Waals surface area (Å²) in [6.07, 6.45) is 0. The lowest BCUT2D eigenvalue weighted by Crippen LogP contribution is -2.14. The number of carbonyl (C=O) groups excluding carboxylic acids is 1. The highest BCUT2D eigenvalue weighted by Gasteiger charge is 2.12. The molecule has 0 heterocycles. The van der Waals surface area contributed by atoms with E-state index in [0.717, 1.165) is 0 Å². The normalized spacial score (nSPS) is 10.0. The van der Waals surface area contributed by atoms with Crippen LogP contribution < -0.4 is 4.74 Å². The molecule has 6 heteroatoms. The molecule has 0 radical (unpaired) electrons. The first kappa shape index (κ1) is 12.4. The van der Waals surface area contributed by atoms with Gasteiger partial charge in [0.1, 0.15) is 5.75 Å². The number of rotatable bonds is 4. The van der Waals surface area contributed by atoms with Crippen LogP contribution in [0.4, 0.5) is 13.2 Å². The molecule has 0 fully saturated rings. The molecule has 88 valence electrons. The number of benzene rings is 1. The number of carbonyl (C=O) groups is 1. The number of ether oxygens (including phenoxy) is 2. The molecule has 0 N–H and O–H groups in total. The molecule has 3 nitrogen and oxygen atoms in total. The molecule has 1 aromatic carbocycles. The molecule has 0 spiro atoms. The van der Waals surface area contributed by atoms with Gasteiger partial charge in [0.2, 0.25) is 0 Å². The zero-order chi connectivity index (χ0) is 12.1. The highest BCUT2D eigenvalue weighted by atomic mass is 19.2. The number of hydrogen-bond donors (Lipinski definition) is 0. The van der Waals surface area contributed by atoms with Crippen molar-refractivity contribution in [1.29, 1.82) is 0 Å². The second-order valence-corrected chi connectivity index (χ2v) is 2.79. The third kappa shape index (κ3) is 3.15. The fourth-order valence-corrected chi connectivity index (χ4v) is 0.961. The average Bonchev–Trinajstić information content (AvgIpc) is 2.23. The molecule has 16 heavy (non-hydrogen) atoms. The third-order valence-corrected chi connectivity index (χ3v) is 1.62. The van der Waals surface area contributed by atoms with Crippen LogP contribution in [0.15, 0.2) is 12.1 Å². The molecule has 0 saturated carbocycles. The number of halogens is 3. The Balaban J connectivity index is 2.65. The first-order chi connectivity index (χ1) is 7.54. The Morgan fingerprint density at radius 3 is 2.31 bits per heavy atom. The number of esters is 1.